The van der Waals surface area contributed by atoms with E-state index in [1.807, 2.05) is 7.05 Å². The molecule has 1 fully saturated rings. The van der Waals surface area contributed by atoms with E-state index in [0.717, 1.165) is 12.1 Å². The molecule has 0 radical (unpaired) electrons. The van der Waals surface area contributed by atoms with E-state index in [1.165, 1.54) is 0 Å². The van der Waals surface area contributed by atoms with E-state index in [9.17, 15) is 4.79 Å². The second kappa shape index (κ2) is 3.14. The van der Waals surface area contributed by atoms with Gasteiger partial charge in [-0.3, -0.25) is 9.48 Å². The molecule has 0 saturated heterocycles. The molecule has 0 spiro atoms. The second-order valence-corrected chi connectivity index (χ2v) is 3.89. The monoisotopic (exact) mass is 198 g/mol. The maximum absolute atomic E-state index is 11.1. The zero-order valence-corrected chi connectivity index (χ0v) is 8.21. The Morgan fingerprint density at radius 1 is 1.69 bits per heavy atom. The molecule has 13 heavy (non-hydrogen) atoms. The van der Waals surface area contributed by atoms with Crippen LogP contribution in [0.1, 0.15) is 30.9 Å². The molecule has 0 amide bonds. The minimum atomic E-state index is 0.285. The number of aryl methyl sites for hydroxylation is 1. The van der Waals surface area contributed by atoms with Gasteiger partial charge in [-0.2, -0.15) is 5.10 Å². The molecular formula is C9H11ClN2O. The normalized spacial score (nSPS) is 22.6. The number of Topliss-reactive ketones (excluding diaryl/α,β-unsaturated/α-hetero) is 1. The highest BCUT2D eigenvalue weighted by molar-refractivity contribution is 6.31. The third kappa shape index (κ3) is 1.48. The largest absolute Gasteiger partial charge is 0.300 e. The Balaban J connectivity index is 2.30. The van der Waals surface area contributed by atoms with Gasteiger partial charge in [0.25, 0.3) is 0 Å². The standard InChI is InChI=1S/C9H11ClN2O/c1-12-9(8(10)5-11-12)6-2-3-7(13)4-6/h5-6H,2-4H2,1H3. The van der Waals surface area contributed by atoms with Gasteiger partial charge in [-0.1, -0.05) is 11.6 Å². The van der Waals surface area contributed by atoms with Crippen LogP contribution < -0.4 is 0 Å². The summed E-state index contributed by atoms with van der Waals surface area (Å²) in [4.78, 5) is 11.1. The first-order valence-corrected chi connectivity index (χ1v) is 4.75. The summed E-state index contributed by atoms with van der Waals surface area (Å²) >= 11 is 5.98. The Kier molecular flexibility index (Phi) is 2.12. The summed E-state index contributed by atoms with van der Waals surface area (Å²) in [5, 5.41) is 4.74. The number of hydrogen-bond donors (Lipinski definition) is 0. The first-order valence-electron chi connectivity index (χ1n) is 4.37. The Labute approximate surface area is 81.7 Å². The van der Waals surface area contributed by atoms with Gasteiger partial charge in [-0.05, 0) is 6.42 Å². The van der Waals surface area contributed by atoms with Crippen molar-refractivity contribution in [3.63, 3.8) is 0 Å². The number of nitrogens with zero attached hydrogens (tertiary/aromatic N) is 2. The zero-order valence-electron chi connectivity index (χ0n) is 7.46. The highest BCUT2D eigenvalue weighted by atomic mass is 35.5. The van der Waals surface area contributed by atoms with Crippen LogP contribution in [0.3, 0.4) is 0 Å². The van der Waals surface area contributed by atoms with Crippen LogP contribution in [0, 0.1) is 0 Å². The number of carbonyl (C=O) groups is 1. The number of ketones is 1. The van der Waals surface area contributed by atoms with Crippen molar-refractivity contribution in [3.8, 4) is 0 Å². The molecule has 4 heteroatoms. The van der Waals surface area contributed by atoms with E-state index >= 15 is 0 Å². The van der Waals surface area contributed by atoms with E-state index in [2.05, 4.69) is 5.10 Å². The molecule has 1 aliphatic rings. The van der Waals surface area contributed by atoms with Crippen LogP contribution in [0.25, 0.3) is 0 Å². The maximum Gasteiger partial charge on any atom is 0.133 e. The zero-order chi connectivity index (χ0) is 9.42. The predicted molar refractivity (Wildman–Crippen MR) is 49.8 cm³/mol. The molecule has 1 saturated carbocycles. The van der Waals surface area contributed by atoms with Gasteiger partial charge in [-0.15, -0.1) is 0 Å². The number of halogens is 1. The van der Waals surface area contributed by atoms with Gasteiger partial charge in [0.2, 0.25) is 0 Å². The van der Waals surface area contributed by atoms with E-state index in [4.69, 9.17) is 11.6 Å². The van der Waals surface area contributed by atoms with Gasteiger partial charge in [0.15, 0.2) is 0 Å². The molecule has 1 atom stereocenters. The summed E-state index contributed by atoms with van der Waals surface area (Å²) in [7, 11) is 1.87. The summed E-state index contributed by atoms with van der Waals surface area (Å²) in [5.41, 5.74) is 1.01. The van der Waals surface area contributed by atoms with Crippen LogP contribution >= 0.6 is 11.6 Å². The van der Waals surface area contributed by atoms with Crippen molar-refractivity contribution < 1.29 is 4.79 Å². The average molecular weight is 199 g/mol. The number of hydrogen-bond acceptors (Lipinski definition) is 2. The van der Waals surface area contributed by atoms with Gasteiger partial charge in [0, 0.05) is 25.8 Å². The van der Waals surface area contributed by atoms with Crippen LogP contribution in [0.4, 0.5) is 0 Å². The van der Waals surface area contributed by atoms with Gasteiger partial charge < -0.3 is 0 Å². The summed E-state index contributed by atoms with van der Waals surface area (Å²) in [6.07, 6.45) is 3.86. The highest BCUT2D eigenvalue weighted by Crippen LogP contribution is 2.35. The molecule has 1 heterocycles. The fourth-order valence-corrected chi connectivity index (χ4v) is 2.25. The fourth-order valence-electron chi connectivity index (χ4n) is 1.93. The van der Waals surface area contributed by atoms with Crippen molar-refractivity contribution >= 4 is 17.4 Å². The molecule has 0 N–H and O–H groups in total. The lowest BCUT2D eigenvalue weighted by molar-refractivity contribution is -0.117. The smallest absolute Gasteiger partial charge is 0.133 e. The highest BCUT2D eigenvalue weighted by Gasteiger charge is 2.27. The van der Waals surface area contributed by atoms with E-state index < -0.39 is 0 Å². The van der Waals surface area contributed by atoms with E-state index in [0.29, 0.717) is 23.6 Å². The van der Waals surface area contributed by atoms with Crippen LogP contribution in [0.5, 0.6) is 0 Å². The minimum Gasteiger partial charge on any atom is -0.300 e. The summed E-state index contributed by atoms with van der Waals surface area (Å²) in [6.45, 7) is 0. The molecule has 1 aliphatic carbocycles. The Hall–Kier alpha value is -0.830. The van der Waals surface area contributed by atoms with Crippen LogP contribution in [0.2, 0.25) is 5.02 Å². The quantitative estimate of drug-likeness (QED) is 0.691. The minimum absolute atomic E-state index is 0.285. The fraction of sp³-hybridized carbons (Fsp3) is 0.556. The molecule has 0 aliphatic heterocycles. The third-order valence-electron chi connectivity index (χ3n) is 2.57. The van der Waals surface area contributed by atoms with Gasteiger partial charge in [0.1, 0.15) is 5.78 Å². The van der Waals surface area contributed by atoms with Gasteiger partial charge in [-0.25, -0.2) is 0 Å². The van der Waals surface area contributed by atoms with Crippen molar-refractivity contribution in [1.82, 2.24) is 9.78 Å². The van der Waals surface area contributed by atoms with Crippen molar-refractivity contribution in [1.29, 1.82) is 0 Å². The average Bonchev–Trinajstić information content (AvgIpc) is 2.60. The van der Waals surface area contributed by atoms with E-state index in [1.54, 1.807) is 10.9 Å². The van der Waals surface area contributed by atoms with Crippen molar-refractivity contribution in [2.45, 2.75) is 25.2 Å². The lowest BCUT2D eigenvalue weighted by Gasteiger charge is -2.08. The molecule has 70 valence electrons. The summed E-state index contributed by atoms with van der Waals surface area (Å²) in [5.74, 6) is 0.620. The molecule has 0 bridgehead atoms. The second-order valence-electron chi connectivity index (χ2n) is 3.48. The van der Waals surface area contributed by atoms with Gasteiger partial charge in [0.05, 0.1) is 16.9 Å². The number of carbonyl (C=O) groups excluding carboxylic acids is 1. The predicted octanol–water partition coefficient (Wildman–Crippen LogP) is 1.91. The third-order valence-corrected chi connectivity index (χ3v) is 2.86. The Morgan fingerprint density at radius 2 is 2.46 bits per heavy atom. The van der Waals surface area contributed by atoms with E-state index in [-0.39, 0.29) is 5.92 Å². The SMILES string of the molecule is Cn1ncc(Cl)c1C1CCC(=O)C1. The summed E-state index contributed by atoms with van der Waals surface area (Å²) < 4.78 is 1.77. The Morgan fingerprint density at radius 3 is 2.92 bits per heavy atom. The Bertz CT molecular complexity index is 326. The van der Waals surface area contributed by atoms with Crippen LogP contribution in [0.15, 0.2) is 6.20 Å². The molecule has 3 nitrogen and oxygen atoms in total. The lowest BCUT2D eigenvalue weighted by atomic mass is 10.0. The first kappa shape index (κ1) is 8.75. The molecule has 0 aromatic carbocycles. The lowest BCUT2D eigenvalue weighted by Crippen LogP contribution is -2.03. The van der Waals surface area contributed by atoms with Gasteiger partial charge >= 0.3 is 0 Å². The molecule has 2 rings (SSSR count). The van der Waals surface area contributed by atoms with Crippen molar-refractivity contribution in [2.24, 2.45) is 7.05 Å². The molecular weight excluding hydrogens is 188 g/mol. The van der Waals surface area contributed by atoms with Crippen molar-refractivity contribution in [2.75, 3.05) is 0 Å². The first-order chi connectivity index (χ1) is 6.18. The molecule has 1 aromatic rings. The molecule has 1 unspecified atom stereocenters. The maximum atomic E-state index is 11.1. The van der Waals surface area contributed by atoms with Crippen molar-refractivity contribution in [3.05, 3.63) is 16.9 Å². The number of aromatic nitrogens is 2. The van der Waals surface area contributed by atoms with Crippen LogP contribution in [-0.4, -0.2) is 15.6 Å². The summed E-state index contributed by atoms with van der Waals surface area (Å²) in [6, 6.07) is 0. The molecule has 1 aromatic heterocycles. The van der Waals surface area contributed by atoms with Crippen LogP contribution in [-0.2, 0) is 11.8 Å². The number of rotatable bonds is 1. The topological polar surface area (TPSA) is 34.9 Å².